The standard InChI is InChI=1S/C13H20N6/c1-3-18(8-7-14)11(2)12-5-4-6-13(9-12)19-10-15-16-17-19/h4-6,9-11H,3,7-8,14H2,1-2H3. The average molecular weight is 260 g/mol. The lowest BCUT2D eigenvalue weighted by molar-refractivity contribution is 0.228. The van der Waals surface area contributed by atoms with Crippen molar-refractivity contribution in [2.45, 2.75) is 19.9 Å². The van der Waals surface area contributed by atoms with Crippen molar-refractivity contribution in [3.8, 4) is 5.69 Å². The second-order valence-electron chi connectivity index (χ2n) is 4.44. The van der Waals surface area contributed by atoms with Crippen molar-refractivity contribution in [1.29, 1.82) is 0 Å². The minimum absolute atomic E-state index is 0.324. The third kappa shape index (κ3) is 3.15. The van der Waals surface area contributed by atoms with Crippen LogP contribution in [0.3, 0.4) is 0 Å². The summed E-state index contributed by atoms with van der Waals surface area (Å²) in [6.45, 7) is 6.89. The van der Waals surface area contributed by atoms with E-state index in [0.717, 1.165) is 18.8 Å². The highest BCUT2D eigenvalue weighted by molar-refractivity contribution is 5.35. The molecule has 1 heterocycles. The third-order valence-electron chi connectivity index (χ3n) is 3.34. The number of nitrogens with zero attached hydrogens (tertiary/aromatic N) is 5. The molecule has 0 bridgehead atoms. The summed E-state index contributed by atoms with van der Waals surface area (Å²) in [5, 5.41) is 11.2. The quantitative estimate of drug-likeness (QED) is 0.839. The van der Waals surface area contributed by atoms with Crippen LogP contribution >= 0.6 is 0 Å². The molecule has 0 amide bonds. The van der Waals surface area contributed by atoms with Gasteiger partial charge in [-0.3, -0.25) is 4.90 Å². The van der Waals surface area contributed by atoms with Gasteiger partial charge in [-0.1, -0.05) is 19.1 Å². The van der Waals surface area contributed by atoms with E-state index >= 15 is 0 Å². The van der Waals surface area contributed by atoms with Crippen LogP contribution in [0.2, 0.25) is 0 Å². The molecule has 0 aliphatic rings. The van der Waals surface area contributed by atoms with Crippen molar-refractivity contribution in [3.63, 3.8) is 0 Å². The molecule has 0 fully saturated rings. The van der Waals surface area contributed by atoms with Crippen molar-refractivity contribution in [2.75, 3.05) is 19.6 Å². The summed E-state index contributed by atoms with van der Waals surface area (Å²) < 4.78 is 1.66. The Labute approximate surface area is 113 Å². The number of benzene rings is 1. The minimum atomic E-state index is 0.324. The second-order valence-corrected chi connectivity index (χ2v) is 4.44. The molecule has 0 saturated heterocycles. The lowest BCUT2D eigenvalue weighted by Crippen LogP contribution is -2.31. The van der Waals surface area contributed by atoms with E-state index in [-0.39, 0.29) is 0 Å². The van der Waals surface area contributed by atoms with E-state index in [9.17, 15) is 0 Å². The van der Waals surface area contributed by atoms with Gasteiger partial charge in [-0.05, 0) is 41.6 Å². The van der Waals surface area contributed by atoms with Gasteiger partial charge in [0.25, 0.3) is 0 Å². The zero-order valence-electron chi connectivity index (χ0n) is 11.4. The Balaban J connectivity index is 2.23. The van der Waals surface area contributed by atoms with Gasteiger partial charge in [0.1, 0.15) is 6.33 Å². The summed E-state index contributed by atoms with van der Waals surface area (Å²) in [6.07, 6.45) is 1.60. The monoisotopic (exact) mass is 260 g/mol. The summed E-state index contributed by atoms with van der Waals surface area (Å²) >= 11 is 0. The summed E-state index contributed by atoms with van der Waals surface area (Å²) in [7, 11) is 0. The van der Waals surface area contributed by atoms with Crippen LogP contribution in [0.5, 0.6) is 0 Å². The van der Waals surface area contributed by atoms with Crippen LogP contribution in [0.1, 0.15) is 25.5 Å². The van der Waals surface area contributed by atoms with E-state index in [4.69, 9.17) is 5.73 Å². The Morgan fingerprint density at radius 2 is 2.26 bits per heavy atom. The van der Waals surface area contributed by atoms with Crippen molar-refractivity contribution in [2.24, 2.45) is 5.73 Å². The molecule has 6 nitrogen and oxygen atoms in total. The zero-order valence-corrected chi connectivity index (χ0v) is 11.4. The fourth-order valence-corrected chi connectivity index (χ4v) is 2.21. The predicted octanol–water partition coefficient (Wildman–Crippen LogP) is 1.00. The molecule has 6 heteroatoms. The minimum Gasteiger partial charge on any atom is -0.329 e. The second kappa shape index (κ2) is 6.40. The first-order valence-corrected chi connectivity index (χ1v) is 6.53. The summed E-state index contributed by atoms with van der Waals surface area (Å²) in [5.74, 6) is 0. The maximum Gasteiger partial charge on any atom is 0.143 e. The van der Waals surface area contributed by atoms with E-state index < -0.39 is 0 Å². The number of likely N-dealkylation sites (N-methyl/N-ethyl adjacent to an activating group) is 1. The SMILES string of the molecule is CCN(CCN)C(C)c1cccc(-n2cnnn2)c1. The first kappa shape index (κ1) is 13.6. The van der Waals surface area contributed by atoms with Gasteiger partial charge in [-0.15, -0.1) is 5.10 Å². The van der Waals surface area contributed by atoms with E-state index in [1.165, 1.54) is 5.56 Å². The molecule has 2 N–H and O–H groups in total. The van der Waals surface area contributed by atoms with Gasteiger partial charge in [0.2, 0.25) is 0 Å². The molecule has 0 aliphatic heterocycles. The number of rotatable bonds is 6. The van der Waals surface area contributed by atoms with Crippen LogP contribution in [0, 0.1) is 0 Å². The van der Waals surface area contributed by atoms with Gasteiger partial charge in [-0.25, -0.2) is 4.68 Å². The number of nitrogens with two attached hydrogens (primary N) is 1. The first-order chi connectivity index (χ1) is 9.26. The Bertz CT molecular complexity index is 496. The molecular formula is C13H20N6. The van der Waals surface area contributed by atoms with Crippen LogP contribution in [0.25, 0.3) is 5.69 Å². The molecule has 0 radical (unpaired) electrons. The number of hydrogen-bond donors (Lipinski definition) is 1. The molecule has 0 spiro atoms. The van der Waals surface area contributed by atoms with Gasteiger partial charge in [0.05, 0.1) is 5.69 Å². The Kier molecular flexibility index (Phi) is 4.59. The molecule has 2 rings (SSSR count). The van der Waals surface area contributed by atoms with Crippen molar-refractivity contribution < 1.29 is 0 Å². The van der Waals surface area contributed by atoms with E-state index in [2.05, 4.69) is 46.4 Å². The van der Waals surface area contributed by atoms with Gasteiger partial charge in [-0.2, -0.15) is 0 Å². The largest absolute Gasteiger partial charge is 0.329 e. The third-order valence-corrected chi connectivity index (χ3v) is 3.34. The molecular weight excluding hydrogens is 240 g/mol. The number of hydrogen-bond acceptors (Lipinski definition) is 5. The molecule has 1 aromatic carbocycles. The van der Waals surface area contributed by atoms with Crippen molar-refractivity contribution >= 4 is 0 Å². The summed E-state index contributed by atoms with van der Waals surface area (Å²) in [6, 6.07) is 8.58. The van der Waals surface area contributed by atoms with Crippen LogP contribution in [0.4, 0.5) is 0 Å². The topological polar surface area (TPSA) is 72.9 Å². The maximum absolute atomic E-state index is 5.66. The number of aromatic nitrogens is 4. The van der Waals surface area contributed by atoms with Gasteiger partial charge in [0, 0.05) is 19.1 Å². The maximum atomic E-state index is 5.66. The van der Waals surface area contributed by atoms with Crippen LogP contribution in [0.15, 0.2) is 30.6 Å². The molecule has 2 aromatic rings. The van der Waals surface area contributed by atoms with E-state index in [1.807, 2.05) is 12.1 Å². The number of tetrazole rings is 1. The molecule has 102 valence electrons. The van der Waals surface area contributed by atoms with E-state index in [0.29, 0.717) is 12.6 Å². The summed E-state index contributed by atoms with van der Waals surface area (Å²) in [4.78, 5) is 2.35. The highest BCUT2D eigenvalue weighted by atomic mass is 15.5. The lowest BCUT2D eigenvalue weighted by atomic mass is 10.1. The normalized spacial score (nSPS) is 12.8. The highest BCUT2D eigenvalue weighted by Crippen LogP contribution is 2.21. The molecule has 0 saturated carbocycles. The molecule has 1 atom stereocenters. The Morgan fingerprint density at radius 3 is 2.89 bits per heavy atom. The van der Waals surface area contributed by atoms with Gasteiger partial charge >= 0.3 is 0 Å². The molecule has 0 aliphatic carbocycles. The van der Waals surface area contributed by atoms with Gasteiger partial charge in [0.15, 0.2) is 0 Å². The van der Waals surface area contributed by atoms with E-state index in [1.54, 1.807) is 11.0 Å². The van der Waals surface area contributed by atoms with Crippen molar-refractivity contribution in [3.05, 3.63) is 36.2 Å². The smallest absolute Gasteiger partial charge is 0.143 e. The van der Waals surface area contributed by atoms with Crippen LogP contribution < -0.4 is 5.73 Å². The summed E-state index contributed by atoms with van der Waals surface area (Å²) in [5.41, 5.74) is 7.87. The molecule has 1 unspecified atom stereocenters. The Hall–Kier alpha value is -1.79. The lowest BCUT2D eigenvalue weighted by Gasteiger charge is -2.27. The predicted molar refractivity (Wildman–Crippen MR) is 73.9 cm³/mol. The van der Waals surface area contributed by atoms with Gasteiger partial charge < -0.3 is 5.73 Å². The van der Waals surface area contributed by atoms with Crippen LogP contribution in [-0.2, 0) is 0 Å². The molecule has 19 heavy (non-hydrogen) atoms. The zero-order chi connectivity index (χ0) is 13.7. The fourth-order valence-electron chi connectivity index (χ4n) is 2.21. The average Bonchev–Trinajstić information content (AvgIpc) is 2.98. The van der Waals surface area contributed by atoms with Crippen molar-refractivity contribution in [1.82, 2.24) is 25.1 Å². The fraction of sp³-hybridized carbons (Fsp3) is 0.462. The van der Waals surface area contributed by atoms with Crippen LogP contribution in [-0.4, -0.2) is 44.7 Å². The molecule has 1 aromatic heterocycles. The first-order valence-electron chi connectivity index (χ1n) is 6.53. The Morgan fingerprint density at radius 1 is 1.42 bits per heavy atom. The highest BCUT2D eigenvalue weighted by Gasteiger charge is 2.14.